The molecule has 1 unspecified atom stereocenters. The molecule has 2 heterocycles. The highest BCUT2D eigenvalue weighted by Gasteiger charge is 2.14. The zero-order chi connectivity index (χ0) is 11.4. The van der Waals surface area contributed by atoms with E-state index in [9.17, 15) is 0 Å². The minimum Gasteiger partial charge on any atom is -0.382 e. The standard InChI is InChI=1S/C10H13Cl2N3O/c11-9-4-8(10(12)15-14-9)13-5-7-2-1-3-16-6-7/h4,7H,1-3,5-6H2,(H,13,14). The largest absolute Gasteiger partial charge is 0.382 e. The van der Waals surface area contributed by atoms with E-state index in [-0.39, 0.29) is 0 Å². The number of hydrogen-bond donors (Lipinski definition) is 1. The summed E-state index contributed by atoms with van der Waals surface area (Å²) in [4.78, 5) is 0. The second-order valence-corrected chi connectivity index (χ2v) is 4.58. The Morgan fingerprint density at radius 3 is 3.06 bits per heavy atom. The van der Waals surface area contributed by atoms with Crippen molar-refractivity contribution >= 4 is 28.9 Å². The van der Waals surface area contributed by atoms with Crippen LogP contribution in [-0.4, -0.2) is 30.0 Å². The summed E-state index contributed by atoms with van der Waals surface area (Å²) >= 11 is 11.6. The maximum Gasteiger partial charge on any atom is 0.174 e. The molecule has 0 saturated carbocycles. The van der Waals surface area contributed by atoms with Crippen molar-refractivity contribution in [3.63, 3.8) is 0 Å². The molecule has 1 aromatic rings. The fourth-order valence-electron chi connectivity index (χ4n) is 1.70. The first-order chi connectivity index (χ1) is 7.75. The Balaban J connectivity index is 1.90. The molecule has 0 spiro atoms. The molecule has 1 aromatic heterocycles. The summed E-state index contributed by atoms with van der Waals surface area (Å²) in [6.45, 7) is 2.50. The van der Waals surface area contributed by atoms with E-state index in [1.54, 1.807) is 6.07 Å². The highest BCUT2D eigenvalue weighted by Crippen LogP contribution is 2.22. The molecule has 0 amide bonds. The Kier molecular flexibility index (Phi) is 4.21. The van der Waals surface area contributed by atoms with Crippen LogP contribution >= 0.6 is 23.2 Å². The van der Waals surface area contributed by atoms with Gasteiger partial charge >= 0.3 is 0 Å². The molecule has 4 nitrogen and oxygen atoms in total. The smallest absolute Gasteiger partial charge is 0.174 e. The summed E-state index contributed by atoms with van der Waals surface area (Å²) in [5, 5.41) is 11.3. The first-order valence-electron chi connectivity index (χ1n) is 5.26. The van der Waals surface area contributed by atoms with E-state index >= 15 is 0 Å². The third-order valence-corrected chi connectivity index (χ3v) is 3.02. The average molecular weight is 262 g/mol. The van der Waals surface area contributed by atoms with E-state index in [1.165, 1.54) is 6.42 Å². The molecule has 1 fully saturated rings. The van der Waals surface area contributed by atoms with Gasteiger partial charge in [-0.1, -0.05) is 23.2 Å². The third-order valence-electron chi connectivity index (χ3n) is 2.55. The van der Waals surface area contributed by atoms with Gasteiger partial charge in [0, 0.05) is 19.2 Å². The van der Waals surface area contributed by atoms with Crippen LogP contribution in [0.4, 0.5) is 5.69 Å². The fraction of sp³-hybridized carbons (Fsp3) is 0.600. The van der Waals surface area contributed by atoms with E-state index in [2.05, 4.69) is 15.5 Å². The number of aromatic nitrogens is 2. The Labute approximate surface area is 104 Å². The van der Waals surface area contributed by atoms with Gasteiger partial charge in [-0.05, 0) is 18.8 Å². The lowest BCUT2D eigenvalue weighted by Gasteiger charge is -2.22. The Morgan fingerprint density at radius 2 is 2.31 bits per heavy atom. The van der Waals surface area contributed by atoms with Crippen LogP contribution in [0.3, 0.4) is 0 Å². The van der Waals surface area contributed by atoms with Crippen molar-refractivity contribution in [1.29, 1.82) is 0 Å². The molecule has 1 saturated heterocycles. The van der Waals surface area contributed by atoms with Gasteiger partial charge in [0.25, 0.3) is 0 Å². The van der Waals surface area contributed by atoms with Gasteiger partial charge in [0.1, 0.15) is 0 Å². The lowest BCUT2D eigenvalue weighted by Crippen LogP contribution is -2.24. The highest BCUT2D eigenvalue weighted by atomic mass is 35.5. The van der Waals surface area contributed by atoms with Crippen LogP contribution in [0.15, 0.2) is 6.07 Å². The predicted molar refractivity (Wildman–Crippen MR) is 64.1 cm³/mol. The van der Waals surface area contributed by atoms with Crippen molar-refractivity contribution in [3.05, 3.63) is 16.4 Å². The second kappa shape index (κ2) is 5.66. The van der Waals surface area contributed by atoms with Gasteiger partial charge in [0.15, 0.2) is 10.3 Å². The van der Waals surface area contributed by atoms with Crippen molar-refractivity contribution in [3.8, 4) is 0 Å². The van der Waals surface area contributed by atoms with Crippen LogP contribution < -0.4 is 5.32 Å². The van der Waals surface area contributed by atoms with Gasteiger partial charge in [-0.3, -0.25) is 0 Å². The predicted octanol–water partition coefficient (Wildman–Crippen LogP) is 2.62. The molecule has 0 bridgehead atoms. The van der Waals surface area contributed by atoms with Gasteiger partial charge in [0.2, 0.25) is 0 Å². The van der Waals surface area contributed by atoms with Gasteiger partial charge in [-0.25, -0.2) is 0 Å². The lowest BCUT2D eigenvalue weighted by molar-refractivity contribution is 0.0595. The molecule has 0 radical (unpaired) electrons. The maximum absolute atomic E-state index is 5.89. The minimum atomic E-state index is 0.340. The van der Waals surface area contributed by atoms with Crippen LogP contribution in [0.2, 0.25) is 10.3 Å². The zero-order valence-corrected chi connectivity index (χ0v) is 10.3. The Hall–Kier alpha value is -0.580. The quantitative estimate of drug-likeness (QED) is 0.909. The van der Waals surface area contributed by atoms with Gasteiger partial charge in [-0.15, -0.1) is 10.2 Å². The molecule has 1 aliphatic rings. The van der Waals surface area contributed by atoms with Crippen LogP contribution in [0.1, 0.15) is 12.8 Å². The van der Waals surface area contributed by atoms with E-state index in [4.69, 9.17) is 27.9 Å². The molecule has 1 N–H and O–H groups in total. The van der Waals surface area contributed by atoms with Crippen LogP contribution in [0, 0.1) is 5.92 Å². The van der Waals surface area contributed by atoms with Crippen molar-refractivity contribution in [2.45, 2.75) is 12.8 Å². The molecule has 1 aliphatic heterocycles. The molecule has 2 rings (SSSR count). The zero-order valence-electron chi connectivity index (χ0n) is 8.75. The van der Waals surface area contributed by atoms with Crippen molar-refractivity contribution in [1.82, 2.24) is 10.2 Å². The summed E-state index contributed by atoms with van der Waals surface area (Å²) in [6, 6.07) is 1.68. The summed E-state index contributed by atoms with van der Waals surface area (Å²) in [6.07, 6.45) is 2.30. The Morgan fingerprint density at radius 1 is 1.44 bits per heavy atom. The first-order valence-corrected chi connectivity index (χ1v) is 6.01. The first kappa shape index (κ1) is 11.9. The van der Waals surface area contributed by atoms with Crippen molar-refractivity contribution < 1.29 is 4.74 Å². The minimum absolute atomic E-state index is 0.340. The van der Waals surface area contributed by atoms with Crippen LogP contribution in [-0.2, 0) is 4.74 Å². The van der Waals surface area contributed by atoms with Gasteiger partial charge in [0.05, 0.1) is 12.3 Å². The number of rotatable bonds is 3. The second-order valence-electron chi connectivity index (χ2n) is 3.84. The maximum atomic E-state index is 5.89. The average Bonchev–Trinajstić information content (AvgIpc) is 2.32. The molecule has 1 atom stereocenters. The van der Waals surface area contributed by atoms with Gasteiger partial charge in [-0.2, -0.15) is 0 Å². The monoisotopic (exact) mass is 261 g/mol. The number of hydrogen-bond acceptors (Lipinski definition) is 4. The van der Waals surface area contributed by atoms with Gasteiger partial charge < -0.3 is 10.1 Å². The Bertz CT molecular complexity index is 356. The lowest BCUT2D eigenvalue weighted by atomic mass is 10.0. The van der Waals surface area contributed by atoms with Crippen molar-refractivity contribution in [2.24, 2.45) is 5.92 Å². The fourth-order valence-corrected chi connectivity index (χ4v) is 2.01. The molecule has 88 valence electrons. The summed E-state index contributed by atoms with van der Waals surface area (Å²) < 4.78 is 5.40. The molecular formula is C10H13Cl2N3O. The number of halogens is 2. The van der Waals surface area contributed by atoms with E-state index in [0.29, 0.717) is 16.2 Å². The number of nitrogens with one attached hydrogen (secondary N) is 1. The summed E-state index contributed by atoms with van der Waals surface area (Å²) in [5.74, 6) is 0.525. The van der Waals surface area contributed by atoms with E-state index < -0.39 is 0 Å². The number of ether oxygens (including phenoxy) is 1. The third kappa shape index (κ3) is 3.20. The number of anilines is 1. The van der Waals surface area contributed by atoms with Crippen LogP contribution in [0.25, 0.3) is 0 Å². The topological polar surface area (TPSA) is 47.0 Å². The van der Waals surface area contributed by atoms with Crippen molar-refractivity contribution in [2.75, 3.05) is 25.1 Å². The molecule has 6 heteroatoms. The van der Waals surface area contributed by atoms with Crippen LogP contribution in [0.5, 0.6) is 0 Å². The molecule has 0 aromatic carbocycles. The van der Waals surface area contributed by atoms with E-state index in [1.807, 2.05) is 0 Å². The summed E-state index contributed by atoms with van der Waals surface area (Å²) in [7, 11) is 0. The highest BCUT2D eigenvalue weighted by molar-refractivity contribution is 6.33. The molecular weight excluding hydrogens is 249 g/mol. The number of nitrogens with zero attached hydrogens (tertiary/aromatic N) is 2. The molecule has 0 aliphatic carbocycles. The molecule has 16 heavy (non-hydrogen) atoms. The SMILES string of the molecule is Clc1cc(NCC2CCCOC2)c(Cl)nn1. The summed E-state index contributed by atoms with van der Waals surface area (Å²) in [5.41, 5.74) is 0.729. The van der Waals surface area contributed by atoms with E-state index in [0.717, 1.165) is 31.9 Å². The normalized spacial score (nSPS) is 20.8.